The number of aromatic nitrogens is 2. The summed E-state index contributed by atoms with van der Waals surface area (Å²) >= 11 is 0. The Morgan fingerprint density at radius 3 is 2.75 bits per heavy atom. The van der Waals surface area contributed by atoms with Crippen LogP contribution in [0.2, 0.25) is 0 Å². The van der Waals surface area contributed by atoms with Gasteiger partial charge in [0.15, 0.2) is 6.61 Å². The minimum Gasteiger partial charge on any atom is -0.468 e. The van der Waals surface area contributed by atoms with Crippen LogP contribution in [0.25, 0.3) is 0 Å². The number of nitrogens with one attached hydrogen (secondary N) is 2. The third-order valence-corrected chi connectivity index (χ3v) is 4.61. The van der Waals surface area contributed by atoms with Crippen LogP contribution >= 0.6 is 0 Å². The summed E-state index contributed by atoms with van der Waals surface area (Å²) in [6.07, 6.45) is -0.921. The SMILES string of the molecule is Cc1cnc(COc2cc(CNC(=O)NCCC3(C(F)(F)F)CC3)ccn2)o1. The first-order valence-corrected chi connectivity index (χ1v) is 8.85. The molecule has 0 unspecified atom stereocenters. The first kappa shape index (κ1) is 20.0. The van der Waals surface area contributed by atoms with E-state index in [-0.39, 0.29) is 39.0 Å². The second-order valence-electron chi connectivity index (χ2n) is 6.79. The average molecular weight is 398 g/mol. The number of amides is 2. The summed E-state index contributed by atoms with van der Waals surface area (Å²) in [5.41, 5.74) is -0.878. The fourth-order valence-corrected chi connectivity index (χ4v) is 2.73. The first-order valence-electron chi connectivity index (χ1n) is 8.85. The highest BCUT2D eigenvalue weighted by Gasteiger charge is 2.62. The van der Waals surface area contributed by atoms with E-state index in [0.717, 1.165) is 5.56 Å². The Hall–Kier alpha value is -2.78. The zero-order chi connectivity index (χ0) is 20.2. The van der Waals surface area contributed by atoms with E-state index < -0.39 is 17.6 Å². The van der Waals surface area contributed by atoms with Gasteiger partial charge in [0.2, 0.25) is 11.8 Å². The number of halogens is 3. The van der Waals surface area contributed by atoms with Crippen molar-refractivity contribution >= 4 is 6.03 Å². The number of carbonyl (C=O) groups is 1. The predicted molar refractivity (Wildman–Crippen MR) is 92.4 cm³/mol. The quantitative estimate of drug-likeness (QED) is 0.711. The van der Waals surface area contributed by atoms with E-state index in [1.165, 1.54) is 6.20 Å². The van der Waals surface area contributed by atoms with Gasteiger partial charge in [0.05, 0.1) is 11.6 Å². The van der Waals surface area contributed by atoms with Crippen molar-refractivity contribution in [1.29, 1.82) is 0 Å². The van der Waals surface area contributed by atoms with Crippen molar-refractivity contribution in [3.05, 3.63) is 41.7 Å². The molecule has 7 nitrogen and oxygen atoms in total. The van der Waals surface area contributed by atoms with Crippen molar-refractivity contribution in [3.63, 3.8) is 0 Å². The van der Waals surface area contributed by atoms with Gasteiger partial charge in [0, 0.05) is 25.4 Å². The van der Waals surface area contributed by atoms with Crippen molar-refractivity contribution < 1.29 is 27.1 Å². The molecule has 0 atom stereocenters. The van der Waals surface area contributed by atoms with Gasteiger partial charge in [-0.3, -0.25) is 0 Å². The molecule has 2 N–H and O–H groups in total. The van der Waals surface area contributed by atoms with Gasteiger partial charge >= 0.3 is 12.2 Å². The fourth-order valence-electron chi connectivity index (χ4n) is 2.73. The molecule has 1 aliphatic rings. The Kier molecular flexibility index (Phi) is 5.76. The molecule has 2 aromatic heterocycles. The molecule has 10 heteroatoms. The number of nitrogens with zero attached hydrogens (tertiary/aromatic N) is 2. The summed E-state index contributed by atoms with van der Waals surface area (Å²) in [7, 11) is 0. The van der Waals surface area contributed by atoms with Gasteiger partial charge in [-0.2, -0.15) is 13.2 Å². The number of alkyl halides is 3. The molecule has 2 heterocycles. The smallest absolute Gasteiger partial charge is 0.394 e. The maximum Gasteiger partial charge on any atom is 0.394 e. The molecular formula is C18H21F3N4O3. The lowest BCUT2D eigenvalue weighted by molar-refractivity contribution is -0.188. The summed E-state index contributed by atoms with van der Waals surface area (Å²) in [4.78, 5) is 19.9. The normalized spacial score (nSPS) is 15.1. The van der Waals surface area contributed by atoms with Gasteiger partial charge in [-0.25, -0.2) is 14.8 Å². The summed E-state index contributed by atoms with van der Waals surface area (Å²) in [6, 6.07) is 2.83. The van der Waals surface area contributed by atoms with Gasteiger partial charge in [-0.05, 0) is 37.8 Å². The van der Waals surface area contributed by atoms with Crippen molar-refractivity contribution in [2.24, 2.45) is 5.41 Å². The van der Waals surface area contributed by atoms with Crippen molar-refractivity contribution in [3.8, 4) is 5.88 Å². The summed E-state index contributed by atoms with van der Waals surface area (Å²) in [6.45, 7) is 2.07. The number of pyridine rings is 1. The highest BCUT2D eigenvalue weighted by atomic mass is 19.4. The molecule has 2 aromatic rings. The van der Waals surface area contributed by atoms with Crippen molar-refractivity contribution in [2.45, 2.75) is 45.5 Å². The standard InChI is InChI=1S/C18H21F3N4O3/c1-12-9-24-15(28-12)11-27-14-8-13(2-6-22-14)10-25-16(26)23-7-5-17(3-4-17)18(19,20)21/h2,6,8-9H,3-5,7,10-11H2,1H3,(H2,23,25,26). The van der Waals surface area contributed by atoms with Crippen LogP contribution in [0.4, 0.5) is 18.0 Å². The van der Waals surface area contributed by atoms with E-state index in [1.807, 2.05) is 0 Å². The van der Waals surface area contributed by atoms with Crippen molar-refractivity contribution in [2.75, 3.05) is 6.54 Å². The van der Waals surface area contributed by atoms with Crippen LogP contribution in [0.15, 0.2) is 28.9 Å². The molecule has 0 aromatic carbocycles. The summed E-state index contributed by atoms with van der Waals surface area (Å²) in [5.74, 6) is 1.45. The highest BCUT2D eigenvalue weighted by Crippen LogP contribution is 2.59. The zero-order valence-electron chi connectivity index (χ0n) is 15.3. The van der Waals surface area contributed by atoms with Crippen molar-refractivity contribution in [1.82, 2.24) is 20.6 Å². The number of urea groups is 1. The third-order valence-electron chi connectivity index (χ3n) is 4.61. The number of hydrogen-bond acceptors (Lipinski definition) is 5. The third kappa shape index (κ3) is 5.14. The monoisotopic (exact) mass is 398 g/mol. The molecule has 0 saturated heterocycles. The van der Waals surface area contributed by atoms with Gasteiger partial charge in [0.1, 0.15) is 5.76 Å². The molecule has 0 aliphatic heterocycles. The maximum atomic E-state index is 12.8. The second-order valence-corrected chi connectivity index (χ2v) is 6.79. The van der Waals surface area contributed by atoms with E-state index >= 15 is 0 Å². The van der Waals surface area contributed by atoms with Gasteiger partial charge in [-0.15, -0.1) is 0 Å². The topological polar surface area (TPSA) is 89.3 Å². The van der Waals surface area contributed by atoms with Crippen LogP contribution in [0.3, 0.4) is 0 Å². The molecule has 1 aliphatic carbocycles. The largest absolute Gasteiger partial charge is 0.468 e. The second kappa shape index (κ2) is 8.07. The first-order chi connectivity index (χ1) is 13.3. The Labute approximate surface area is 159 Å². The van der Waals surface area contributed by atoms with Crippen LogP contribution in [-0.4, -0.2) is 28.7 Å². The molecule has 3 rings (SSSR count). The molecule has 2 amide bonds. The summed E-state index contributed by atoms with van der Waals surface area (Å²) < 4.78 is 49.3. The van der Waals surface area contributed by atoms with E-state index in [9.17, 15) is 18.0 Å². The number of oxazole rings is 1. The predicted octanol–water partition coefficient (Wildman–Crippen LogP) is 3.49. The Morgan fingerprint density at radius 2 is 2.11 bits per heavy atom. The lowest BCUT2D eigenvalue weighted by atomic mass is 10.0. The van der Waals surface area contributed by atoms with Crippen LogP contribution < -0.4 is 15.4 Å². The molecule has 0 bridgehead atoms. The van der Waals surface area contributed by atoms with E-state index in [1.54, 1.807) is 25.3 Å². The number of rotatable bonds is 8. The average Bonchev–Trinajstić information content (AvgIpc) is 3.33. The fraction of sp³-hybridized carbons (Fsp3) is 0.500. The number of hydrogen-bond donors (Lipinski definition) is 2. The minimum absolute atomic E-state index is 0.0222. The molecular weight excluding hydrogens is 377 g/mol. The Balaban J connectivity index is 1.40. The molecule has 0 radical (unpaired) electrons. The molecule has 152 valence electrons. The van der Waals surface area contributed by atoms with E-state index in [0.29, 0.717) is 17.5 Å². The van der Waals surface area contributed by atoms with E-state index in [2.05, 4.69) is 20.6 Å². The lowest BCUT2D eigenvalue weighted by Crippen LogP contribution is -2.37. The van der Waals surface area contributed by atoms with Crippen LogP contribution in [0.5, 0.6) is 5.88 Å². The Morgan fingerprint density at radius 1 is 1.32 bits per heavy atom. The Bertz CT molecular complexity index is 818. The molecule has 1 fully saturated rings. The van der Waals surface area contributed by atoms with E-state index in [4.69, 9.17) is 9.15 Å². The molecule has 0 spiro atoms. The summed E-state index contributed by atoms with van der Waals surface area (Å²) in [5, 5.41) is 5.07. The van der Waals surface area contributed by atoms with Crippen LogP contribution in [0, 0.1) is 12.3 Å². The van der Waals surface area contributed by atoms with Gasteiger partial charge in [0.25, 0.3) is 0 Å². The minimum atomic E-state index is -4.21. The zero-order valence-corrected chi connectivity index (χ0v) is 15.3. The lowest BCUT2D eigenvalue weighted by Gasteiger charge is -2.19. The number of carbonyl (C=O) groups excluding carboxylic acids is 1. The van der Waals surface area contributed by atoms with Gasteiger partial charge < -0.3 is 19.8 Å². The highest BCUT2D eigenvalue weighted by molar-refractivity contribution is 5.73. The van der Waals surface area contributed by atoms with Gasteiger partial charge in [-0.1, -0.05) is 0 Å². The maximum absolute atomic E-state index is 12.8. The van der Waals surface area contributed by atoms with Crippen LogP contribution in [0.1, 0.15) is 36.5 Å². The number of ether oxygens (including phenoxy) is 1. The number of aryl methyl sites for hydroxylation is 1. The van der Waals surface area contributed by atoms with Crippen LogP contribution in [-0.2, 0) is 13.2 Å². The molecule has 28 heavy (non-hydrogen) atoms. The molecule has 1 saturated carbocycles.